The van der Waals surface area contributed by atoms with E-state index >= 15 is 0 Å². The molecule has 1 aliphatic heterocycles. The first-order valence-corrected chi connectivity index (χ1v) is 7.12. The molecule has 1 aromatic rings. The number of carbonyl (C=O) groups excluding carboxylic acids is 2. The van der Waals surface area contributed by atoms with E-state index in [1.165, 1.54) is 0 Å². The number of halogens is 1. The van der Waals surface area contributed by atoms with Gasteiger partial charge >= 0.3 is 0 Å². The molecule has 2 rings (SSSR count). The van der Waals surface area contributed by atoms with Crippen LogP contribution in [0.5, 0.6) is 0 Å². The molecule has 1 heterocycles. The fourth-order valence-electron chi connectivity index (χ4n) is 2.47. The molecule has 1 N–H and O–H groups in total. The van der Waals surface area contributed by atoms with E-state index in [2.05, 4.69) is 21.2 Å². The molecule has 1 fully saturated rings. The molecule has 4 nitrogen and oxygen atoms in total. The maximum atomic E-state index is 12.5. The third-order valence-electron chi connectivity index (χ3n) is 3.35. The van der Waals surface area contributed by atoms with Crippen molar-refractivity contribution < 1.29 is 9.59 Å². The summed E-state index contributed by atoms with van der Waals surface area (Å²) < 4.78 is 0.881. The second kappa shape index (κ2) is 5.74. The lowest BCUT2D eigenvalue weighted by atomic mass is 10.1. The average molecular weight is 325 g/mol. The number of aryl methyl sites for hydroxylation is 1. The molecular weight excluding hydrogens is 308 g/mol. The smallest absolute Gasteiger partial charge is 0.254 e. The van der Waals surface area contributed by atoms with E-state index in [0.29, 0.717) is 12.1 Å². The predicted octanol–water partition coefficient (Wildman–Crippen LogP) is 2.11. The molecule has 1 saturated heterocycles. The van der Waals surface area contributed by atoms with Crippen LogP contribution >= 0.6 is 15.9 Å². The number of likely N-dealkylation sites (tertiary alicyclic amines) is 1. The van der Waals surface area contributed by atoms with Crippen LogP contribution in [-0.4, -0.2) is 36.3 Å². The van der Waals surface area contributed by atoms with Gasteiger partial charge in [-0.25, -0.2) is 0 Å². The van der Waals surface area contributed by atoms with Gasteiger partial charge < -0.3 is 10.2 Å². The Kier molecular flexibility index (Phi) is 4.24. The second-order valence-electron chi connectivity index (χ2n) is 4.79. The van der Waals surface area contributed by atoms with Crippen LogP contribution in [-0.2, 0) is 4.79 Å². The van der Waals surface area contributed by atoms with Crippen molar-refractivity contribution in [3.05, 3.63) is 33.8 Å². The molecule has 0 spiro atoms. The molecule has 1 aromatic carbocycles. The number of likely N-dealkylation sites (N-methyl/N-ethyl adjacent to an activating group) is 1. The van der Waals surface area contributed by atoms with Crippen molar-refractivity contribution >= 4 is 27.7 Å². The van der Waals surface area contributed by atoms with Crippen molar-refractivity contribution in [1.82, 2.24) is 10.2 Å². The highest BCUT2D eigenvalue weighted by Crippen LogP contribution is 2.22. The van der Waals surface area contributed by atoms with Crippen LogP contribution in [0, 0.1) is 6.92 Å². The first-order valence-electron chi connectivity index (χ1n) is 6.32. The van der Waals surface area contributed by atoms with Crippen LogP contribution < -0.4 is 5.32 Å². The van der Waals surface area contributed by atoms with Crippen LogP contribution in [0.15, 0.2) is 22.7 Å². The summed E-state index contributed by atoms with van der Waals surface area (Å²) >= 11 is 3.40. The summed E-state index contributed by atoms with van der Waals surface area (Å²) in [5.41, 5.74) is 1.65. The van der Waals surface area contributed by atoms with E-state index in [1.54, 1.807) is 18.0 Å². The molecule has 2 amide bonds. The number of hydrogen-bond acceptors (Lipinski definition) is 2. The van der Waals surface area contributed by atoms with Gasteiger partial charge in [0, 0.05) is 23.6 Å². The zero-order valence-electron chi connectivity index (χ0n) is 11.1. The number of hydrogen-bond donors (Lipinski definition) is 1. The highest BCUT2D eigenvalue weighted by molar-refractivity contribution is 9.10. The summed E-state index contributed by atoms with van der Waals surface area (Å²) in [7, 11) is 1.60. The fourth-order valence-corrected chi connectivity index (χ4v) is 3.08. The number of amides is 2. The highest BCUT2D eigenvalue weighted by Gasteiger charge is 2.33. The van der Waals surface area contributed by atoms with Crippen molar-refractivity contribution in [1.29, 1.82) is 0 Å². The molecule has 0 radical (unpaired) electrons. The Labute approximate surface area is 121 Å². The maximum Gasteiger partial charge on any atom is 0.254 e. The summed E-state index contributed by atoms with van der Waals surface area (Å²) in [6.07, 6.45) is 1.61. The van der Waals surface area contributed by atoms with E-state index in [4.69, 9.17) is 0 Å². The summed E-state index contributed by atoms with van der Waals surface area (Å²) in [5.74, 6) is -0.159. The van der Waals surface area contributed by atoms with Crippen LogP contribution in [0.25, 0.3) is 0 Å². The van der Waals surface area contributed by atoms with Gasteiger partial charge in [0.2, 0.25) is 5.91 Å². The Hall–Kier alpha value is -1.36. The normalized spacial score (nSPS) is 18.5. The Bertz CT molecular complexity index is 496. The van der Waals surface area contributed by atoms with E-state index < -0.39 is 0 Å². The Balaban J connectivity index is 2.25. The molecular formula is C14H17BrN2O2. The van der Waals surface area contributed by atoms with E-state index in [-0.39, 0.29) is 17.9 Å². The number of carbonyl (C=O) groups is 2. The molecule has 0 bridgehead atoms. The van der Waals surface area contributed by atoms with Crippen LogP contribution in [0.3, 0.4) is 0 Å². The van der Waals surface area contributed by atoms with Gasteiger partial charge in [0.1, 0.15) is 6.04 Å². The number of nitrogens with zero attached hydrogens (tertiary/aromatic N) is 1. The SMILES string of the molecule is CNC(=O)C1CCCN1C(=O)c1cc(C)cc(Br)c1. The van der Waals surface area contributed by atoms with Gasteiger partial charge in [-0.3, -0.25) is 9.59 Å². The van der Waals surface area contributed by atoms with Crippen LogP contribution in [0.1, 0.15) is 28.8 Å². The van der Waals surface area contributed by atoms with Crippen molar-refractivity contribution in [2.45, 2.75) is 25.8 Å². The third kappa shape index (κ3) is 2.97. The summed E-state index contributed by atoms with van der Waals surface area (Å²) in [6, 6.07) is 5.27. The lowest BCUT2D eigenvalue weighted by molar-refractivity contribution is -0.124. The van der Waals surface area contributed by atoms with Gasteiger partial charge in [0.25, 0.3) is 5.91 Å². The van der Waals surface area contributed by atoms with Crippen molar-refractivity contribution in [2.75, 3.05) is 13.6 Å². The van der Waals surface area contributed by atoms with Gasteiger partial charge in [0.15, 0.2) is 0 Å². The zero-order valence-corrected chi connectivity index (χ0v) is 12.7. The molecule has 0 saturated carbocycles. The van der Waals surface area contributed by atoms with E-state index in [1.807, 2.05) is 19.1 Å². The molecule has 0 aliphatic carbocycles. The highest BCUT2D eigenvalue weighted by atomic mass is 79.9. The summed E-state index contributed by atoms with van der Waals surface area (Å²) in [4.78, 5) is 26.0. The standard InChI is InChI=1S/C14H17BrN2O2/c1-9-6-10(8-11(15)7-9)14(19)17-5-3-4-12(17)13(18)16-2/h6-8,12H,3-5H2,1-2H3,(H,16,18). The maximum absolute atomic E-state index is 12.5. The van der Waals surface area contributed by atoms with Crippen molar-refractivity contribution in [3.63, 3.8) is 0 Å². The summed E-state index contributed by atoms with van der Waals surface area (Å²) in [5, 5.41) is 2.62. The largest absolute Gasteiger partial charge is 0.357 e. The first-order chi connectivity index (χ1) is 9.02. The molecule has 102 valence electrons. The molecule has 0 aromatic heterocycles. The van der Waals surface area contributed by atoms with Crippen LogP contribution in [0.2, 0.25) is 0 Å². The quantitative estimate of drug-likeness (QED) is 0.905. The molecule has 5 heteroatoms. The average Bonchev–Trinajstić information content (AvgIpc) is 2.84. The minimum absolute atomic E-state index is 0.0736. The minimum Gasteiger partial charge on any atom is -0.357 e. The Morgan fingerprint density at radius 2 is 2.11 bits per heavy atom. The fraction of sp³-hybridized carbons (Fsp3) is 0.429. The second-order valence-corrected chi connectivity index (χ2v) is 5.70. The molecule has 1 atom stereocenters. The van der Waals surface area contributed by atoms with Crippen LogP contribution in [0.4, 0.5) is 0 Å². The number of nitrogens with one attached hydrogen (secondary N) is 1. The monoisotopic (exact) mass is 324 g/mol. The molecule has 1 unspecified atom stereocenters. The Morgan fingerprint density at radius 3 is 2.74 bits per heavy atom. The minimum atomic E-state index is -0.336. The van der Waals surface area contributed by atoms with Gasteiger partial charge in [-0.15, -0.1) is 0 Å². The van der Waals surface area contributed by atoms with Gasteiger partial charge in [0.05, 0.1) is 0 Å². The van der Waals surface area contributed by atoms with E-state index in [0.717, 1.165) is 22.9 Å². The number of rotatable bonds is 2. The van der Waals surface area contributed by atoms with E-state index in [9.17, 15) is 9.59 Å². The topological polar surface area (TPSA) is 49.4 Å². The number of benzene rings is 1. The first kappa shape index (κ1) is 14.1. The van der Waals surface area contributed by atoms with Gasteiger partial charge in [-0.2, -0.15) is 0 Å². The Morgan fingerprint density at radius 1 is 1.37 bits per heavy atom. The summed E-state index contributed by atoms with van der Waals surface area (Å²) in [6.45, 7) is 2.59. The molecule has 19 heavy (non-hydrogen) atoms. The van der Waals surface area contributed by atoms with Gasteiger partial charge in [-0.05, 0) is 43.5 Å². The van der Waals surface area contributed by atoms with Crippen molar-refractivity contribution in [3.8, 4) is 0 Å². The predicted molar refractivity (Wildman–Crippen MR) is 77.0 cm³/mol. The molecule has 1 aliphatic rings. The lowest BCUT2D eigenvalue weighted by Crippen LogP contribution is -2.44. The lowest BCUT2D eigenvalue weighted by Gasteiger charge is -2.23. The van der Waals surface area contributed by atoms with Crippen molar-refractivity contribution in [2.24, 2.45) is 0 Å². The van der Waals surface area contributed by atoms with Gasteiger partial charge in [-0.1, -0.05) is 15.9 Å². The third-order valence-corrected chi connectivity index (χ3v) is 3.81. The zero-order chi connectivity index (χ0) is 14.0.